The molecule has 1 spiro atoms. The molecule has 2 nitrogen and oxygen atoms in total. The Labute approximate surface area is 317 Å². The molecule has 0 amide bonds. The molecule has 0 saturated heterocycles. The molecule has 4 bridgehead atoms. The molecule has 1 aromatic heterocycles. The minimum atomic E-state index is 0.102. The van der Waals surface area contributed by atoms with E-state index < -0.39 is 0 Å². The summed E-state index contributed by atoms with van der Waals surface area (Å²) in [6.45, 7) is 0. The Balaban J connectivity index is 1.13. The molecule has 54 heavy (non-hydrogen) atoms. The van der Waals surface area contributed by atoms with Crippen LogP contribution in [-0.2, 0) is 5.41 Å². The summed E-state index contributed by atoms with van der Waals surface area (Å²) in [5.41, 5.74) is 15.9. The van der Waals surface area contributed by atoms with Gasteiger partial charge in [-0.15, -0.1) is 0 Å². The topological polar surface area (TPSA) is 8.17 Å². The number of hydrogen-bond donors (Lipinski definition) is 0. The Bertz CT molecular complexity index is 2670. The largest absolute Gasteiger partial charge is 0.309 e. The van der Waals surface area contributed by atoms with Crippen molar-refractivity contribution in [2.24, 2.45) is 23.7 Å². The van der Waals surface area contributed by atoms with E-state index in [4.69, 9.17) is 0 Å². The molecule has 5 aliphatic rings. The van der Waals surface area contributed by atoms with Crippen LogP contribution in [0.5, 0.6) is 0 Å². The molecular formula is C52H42N2. The van der Waals surface area contributed by atoms with Gasteiger partial charge < -0.3 is 9.47 Å². The number of nitrogens with zero attached hydrogens (tertiary/aromatic N) is 2. The van der Waals surface area contributed by atoms with Gasteiger partial charge in [-0.2, -0.15) is 0 Å². The van der Waals surface area contributed by atoms with E-state index in [1.165, 1.54) is 87.5 Å². The SMILES string of the molecule is c1ccc(-c2ccccc2N(c2cccc(-n3c4ccccc4c4ccccc43)c2)c2cccc3c2-c2ccccc2C32C3CC4CC(C3)CC2C4)cc1. The van der Waals surface area contributed by atoms with Gasteiger partial charge in [-0.1, -0.05) is 127 Å². The quantitative estimate of drug-likeness (QED) is 0.174. The number of fused-ring (bicyclic) bond motifs is 6. The van der Waals surface area contributed by atoms with Gasteiger partial charge in [-0.25, -0.2) is 0 Å². The van der Waals surface area contributed by atoms with Gasteiger partial charge >= 0.3 is 0 Å². The highest BCUT2D eigenvalue weighted by Gasteiger charge is 2.61. The molecule has 0 radical (unpaired) electrons. The summed E-state index contributed by atoms with van der Waals surface area (Å²) in [6, 6.07) is 63.7. The van der Waals surface area contributed by atoms with Gasteiger partial charge in [0.2, 0.25) is 0 Å². The van der Waals surface area contributed by atoms with Crippen LogP contribution in [0.4, 0.5) is 17.1 Å². The molecule has 260 valence electrons. The fourth-order valence-electron chi connectivity index (χ4n) is 12.3. The molecule has 13 rings (SSSR count). The summed E-state index contributed by atoms with van der Waals surface area (Å²) in [5, 5.41) is 2.56. The van der Waals surface area contributed by atoms with Crippen molar-refractivity contribution in [1.29, 1.82) is 0 Å². The highest BCUT2D eigenvalue weighted by atomic mass is 15.2. The Morgan fingerprint density at radius 3 is 1.78 bits per heavy atom. The molecular weight excluding hydrogens is 653 g/mol. The normalized spacial score (nSPS) is 23.3. The van der Waals surface area contributed by atoms with Crippen molar-refractivity contribution in [3.63, 3.8) is 0 Å². The molecule has 1 heterocycles. The fraction of sp³-hybridized carbons (Fsp3) is 0.192. The van der Waals surface area contributed by atoms with Crippen LogP contribution in [-0.4, -0.2) is 4.57 Å². The summed E-state index contributed by atoms with van der Waals surface area (Å²) in [4.78, 5) is 2.59. The van der Waals surface area contributed by atoms with Crippen LogP contribution in [0.15, 0.2) is 170 Å². The lowest BCUT2D eigenvalue weighted by atomic mass is 9.43. The minimum absolute atomic E-state index is 0.102. The summed E-state index contributed by atoms with van der Waals surface area (Å²) in [6.07, 6.45) is 6.99. The summed E-state index contributed by atoms with van der Waals surface area (Å²) < 4.78 is 2.45. The molecule has 4 fully saturated rings. The van der Waals surface area contributed by atoms with Gasteiger partial charge in [-0.3, -0.25) is 0 Å². The van der Waals surface area contributed by atoms with E-state index >= 15 is 0 Å². The molecule has 2 heteroatoms. The van der Waals surface area contributed by atoms with Crippen LogP contribution in [0.25, 0.3) is 49.7 Å². The molecule has 0 aliphatic heterocycles. The first-order valence-corrected chi connectivity index (χ1v) is 20.0. The third kappa shape index (κ3) is 4.17. The average Bonchev–Trinajstić information content (AvgIpc) is 3.72. The summed E-state index contributed by atoms with van der Waals surface area (Å²) >= 11 is 0. The lowest BCUT2D eigenvalue weighted by Crippen LogP contribution is -2.55. The first kappa shape index (κ1) is 30.6. The molecule has 0 atom stereocenters. The third-order valence-electron chi connectivity index (χ3n) is 14.0. The number of para-hydroxylation sites is 3. The van der Waals surface area contributed by atoms with Crippen LogP contribution in [0.1, 0.15) is 43.2 Å². The van der Waals surface area contributed by atoms with E-state index in [1.807, 2.05) is 0 Å². The van der Waals surface area contributed by atoms with Gasteiger partial charge in [-0.05, 0) is 120 Å². The predicted octanol–water partition coefficient (Wildman–Crippen LogP) is 13.6. The zero-order valence-electron chi connectivity index (χ0n) is 30.4. The van der Waals surface area contributed by atoms with Crippen molar-refractivity contribution in [3.05, 3.63) is 181 Å². The highest BCUT2D eigenvalue weighted by molar-refractivity contribution is 6.09. The molecule has 7 aromatic carbocycles. The summed E-state index contributed by atoms with van der Waals surface area (Å²) in [5.74, 6) is 3.26. The molecule has 8 aromatic rings. The number of rotatable bonds is 5. The predicted molar refractivity (Wildman–Crippen MR) is 224 cm³/mol. The first-order valence-electron chi connectivity index (χ1n) is 20.0. The zero-order valence-corrected chi connectivity index (χ0v) is 30.4. The van der Waals surface area contributed by atoms with Crippen LogP contribution in [0.3, 0.4) is 0 Å². The Kier molecular flexibility index (Phi) is 6.55. The number of hydrogen-bond acceptors (Lipinski definition) is 1. The van der Waals surface area contributed by atoms with Crippen molar-refractivity contribution in [2.45, 2.75) is 37.5 Å². The molecule has 5 aliphatic carbocycles. The minimum Gasteiger partial charge on any atom is -0.309 e. The smallest absolute Gasteiger partial charge is 0.0543 e. The second-order valence-corrected chi connectivity index (χ2v) is 16.5. The van der Waals surface area contributed by atoms with E-state index in [0.717, 1.165) is 35.0 Å². The second-order valence-electron chi connectivity index (χ2n) is 16.5. The molecule has 0 unspecified atom stereocenters. The van der Waals surface area contributed by atoms with E-state index in [2.05, 4.69) is 179 Å². The highest BCUT2D eigenvalue weighted by Crippen LogP contribution is 2.70. The monoisotopic (exact) mass is 694 g/mol. The van der Waals surface area contributed by atoms with Gasteiger partial charge in [0.15, 0.2) is 0 Å². The third-order valence-corrected chi connectivity index (χ3v) is 14.0. The van der Waals surface area contributed by atoms with E-state index in [-0.39, 0.29) is 5.41 Å². The fourth-order valence-corrected chi connectivity index (χ4v) is 12.3. The van der Waals surface area contributed by atoms with Crippen LogP contribution < -0.4 is 4.90 Å². The van der Waals surface area contributed by atoms with E-state index in [0.29, 0.717) is 0 Å². The maximum Gasteiger partial charge on any atom is 0.0543 e. The Morgan fingerprint density at radius 2 is 1.04 bits per heavy atom. The second kappa shape index (κ2) is 11.6. The van der Waals surface area contributed by atoms with E-state index in [9.17, 15) is 0 Å². The zero-order chi connectivity index (χ0) is 35.4. The van der Waals surface area contributed by atoms with E-state index in [1.54, 1.807) is 11.1 Å². The van der Waals surface area contributed by atoms with Crippen LogP contribution in [0, 0.1) is 23.7 Å². The van der Waals surface area contributed by atoms with Crippen molar-refractivity contribution in [3.8, 4) is 27.9 Å². The number of anilines is 3. The van der Waals surface area contributed by atoms with Crippen molar-refractivity contribution >= 4 is 38.9 Å². The van der Waals surface area contributed by atoms with Crippen LogP contribution >= 0.6 is 0 Å². The Hall–Kier alpha value is -5.86. The molecule has 0 N–H and O–H groups in total. The van der Waals surface area contributed by atoms with Crippen LogP contribution in [0.2, 0.25) is 0 Å². The average molecular weight is 695 g/mol. The first-order chi connectivity index (χ1) is 26.8. The lowest BCUT2D eigenvalue weighted by molar-refractivity contribution is -0.0399. The van der Waals surface area contributed by atoms with Crippen molar-refractivity contribution in [2.75, 3.05) is 4.90 Å². The van der Waals surface area contributed by atoms with Crippen molar-refractivity contribution in [1.82, 2.24) is 4.57 Å². The van der Waals surface area contributed by atoms with Gasteiger partial charge in [0.25, 0.3) is 0 Å². The Morgan fingerprint density at radius 1 is 0.463 bits per heavy atom. The summed E-state index contributed by atoms with van der Waals surface area (Å²) in [7, 11) is 0. The molecule has 4 saturated carbocycles. The number of aromatic nitrogens is 1. The number of benzene rings is 7. The van der Waals surface area contributed by atoms with Crippen molar-refractivity contribution < 1.29 is 0 Å². The van der Waals surface area contributed by atoms with Gasteiger partial charge in [0, 0.05) is 38.7 Å². The lowest BCUT2D eigenvalue weighted by Gasteiger charge is -2.61. The van der Waals surface area contributed by atoms with Gasteiger partial charge in [0.05, 0.1) is 22.4 Å². The maximum atomic E-state index is 2.59. The standard InChI is InChI=1S/C52H42N2/c1-2-14-36(15-3-1)41-18-5-9-24-47(41)54(40-17-12-16-39(33-40)53-48-25-10-6-19-42(48)43-20-7-11-26-49(43)53)50-27-13-23-46-51(50)44-21-4-8-22-45(44)52(46)37-29-34-28-35(31-37)32-38(52)30-34/h1-27,33-35,37-38H,28-32H2. The maximum absolute atomic E-state index is 2.59. The van der Waals surface area contributed by atoms with Gasteiger partial charge in [0.1, 0.15) is 0 Å².